The molecule has 2 fully saturated rings. The average Bonchev–Trinajstić information content (AvgIpc) is 3.02. The lowest BCUT2D eigenvalue weighted by molar-refractivity contribution is -0.136. The predicted octanol–water partition coefficient (Wildman–Crippen LogP) is 1.08. The first-order valence-corrected chi connectivity index (χ1v) is 9.10. The van der Waals surface area contributed by atoms with E-state index in [1.54, 1.807) is 0 Å². The molecule has 0 saturated carbocycles. The van der Waals surface area contributed by atoms with Crippen molar-refractivity contribution in [2.45, 2.75) is 25.7 Å². The minimum atomic E-state index is 0.232. The number of amides is 1. The monoisotopic (exact) mass is 343 g/mol. The molecule has 2 aliphatic rings. The van der Waals surface area contributed by atoms with Gasteiger partial charge in [-0.1, -0.05) is 0 Å². The zero-order chi connectivity index (χ0) is 17.2. The molecule has 2 aromatic heterocycles. The van der Waals surface area contributed by atoms with E-state index in [-0.39, 0.29) is 5.91 Å². The van der Waals surface area contributed by atoms with Gasteiger partial charge in [0.05, 0.1) is 25.5 Å². The lowest BCUT2D eigenvalue weighted by Gasteiger charge is -2.34. The molecule has 4 heterocycles. The van der Waals surface area contributed by atoms with Gasteiger partial charge >= 0.3 is 0 Å². The molecule has 7 heteroatoms. The Kier molecular flexibility index (Phi) is 4.67. The van der Waals surface area contributed by atoms with Gasteiger partial charge < -0.3 is 9.64 Å². The molecule has 0 unspecified atom stereocenters. The summed E-state index contributed by atoms with van der Waals surface area (Å²) in [6.07, 6.45) is 4.10. The van der Waals surface area contributed by atoms with Crippen LogP contribution in [0.5, 0.6) is 0 Å². The Morgan fingerprint density at radius 1 is 1.24 bits per heavy atom. The predicted molar refractivity (Wildman–Crippen MR) is 93.5 cm³/mol. The summed E-state index contributed by atoms with van der Waals surface area (Å²) in [5.41, 5.74) is 3.05. The number of carbonyl (C=O) groups is 1. The Labute approximate surface area is 147 Å². The zero-order valence-corrected chi connectivity index (χ0v) is 14.7. The van der Waals surface area contributed by atoms with Crippen LogP contribution >= 0.6 is 0 Å². The van der Waals surface area contributed by atoms with Gasteiger partial charge in [-0.25, -0.2) is 9.50 Å². The molecule has 2 saturated heterocycles. The highest BCUT2D eigenvalue weighted by atomic mass is 16.5. The fraction of sp³-hybridized carbons (Fsp3) is 0.611. The van der Waals surface area contributed by atoms with Crippen LogP contribution in [0.3, 0.4) is 0 Å². The summed E-state index contributed by atoms with van der Waals surface area (Å²) < 4.78 is 7.14. The average molecular weight is 343 g/mol. The Hall–Kier alpha value is -1.99. The van der Waals surface area contributed by atoms with Crippen molar-refractivity contribution in [2.24, 2.45) is 0 Å². The summed E-state index contributed by atoms with van der Waals surface area (Å²) in [4.78, 5) is 21.3. The summed E-state index contributed by atoms with van der Waals surface area (Å²) in [6.45, 7) is 7.19. The van der Waals surface area contributed by atoms with Gasteiger partial charge in [0.1, 0.15) is 0 Å². The van der Waals surface area contributed by atoms with Gasteiger partial charge in [0.25, 0.3) is 0 Å². The van der Waals surface area contributed by atoms with E-state index in [1.165, 1.54) is 0 Å². The molecule has 0 spiro atoms. The van der Waals surface area contributed by atoms with Crippen LogP contribution in [0, 0.1) is 6.92 Å². The molecule has 0 bridgehead atoms. The zero-order valence-electron chi connectivity index (χ0n) is 14.7. The Balaban J connectivity index is 1.33. The smallest absolute Gasteiger partial charge is 0.236 e. The van der Waals surface area contributed by atoms with Gasteiger partial charge in [0.15, 0.2) is 5.65 Å². The number of nitrogens with zero attached hydrogens (tertiary/aromatic N) is 5. The highest BCUT2D eigenvalue weighted by Gasteiger charge is 2.25. The summed E-state index contributed by atoms with van der Waals surface area (Å²) in [7, 11) is 0. The first kappa shape index (κ1) is 16.5. The van der Waals surface area contributed by atoms with E-state index in [0.29, 0.717) is 25.7 Å². The van der Waals surface area contributed by atoms with Crippen molar-refractivity contribution in [1.29, 1.82) is 0 Å². The van der Waals surface area contributed by atoms with E-state index < -0.39 is 0 Å². The van der Waals surface area contributed by atoms with Gasteiger partial charge in [-0.3, -0.25) is 9.69 Å². The fourth-order valence-corrected chi connectivity index (χ4v) is 3.73. The van der Waals surface area contributed by atoms with Crippen LogP contribution in [0.1, 0.15) is 30.1 Å². The second-order valence-corrected chi connectivity index (χ2v) is 6.98. The van der Waals surface area contributed by atoms with Crippen molar-refractivity contribution in [3.8, 4) is 0 Å². The highest BCUT2D eigenvalue weighted by molar-refractivity contribution is 5.78. The SMILES string of the molecule is Cc1cc2nc(C3CCN(CC(=O)N4CCOCC4)CC3)ccn2n1. The van der Waals surface area contributed by atoms with Crippen LogP contribution in [0.2, 0.25) is 0 Å². The highest BCUT2D eigenvalue weighted by Crippen LogP contribution is 2.27. The second-order valence-electron chi connectivity index (χ2n) is 6.98. The largest absolute Gasteiger partial charge is 0.378 e. The number of morpholine rings is 1. The molecule has 1 amide bonds. The molecule has 0 N–H and O–H groups in total. The summed E-state index contributed by atoms with van der Waals surface area (Å²) in [5, 5.41) is 4.38. The lowest BCUT2D eigenvalue weighted by atomic mass is 9.93. The van der Waals surface area contributed by atoms with Crippen LogP contribution in [0.15, 0.2) is 18.3 Å². The first-order chi connectivity index (χ1) is 12.2. The van der Waals surface area contributed by atoms with E-state index in [1.807, 2.05) is 28.6 Å². The van der Waals surface area contributed by atoms with Gasteiger partial charge in [0, 0.05) is 37.0 Å². The number of hydrogen-bond acceptors (Lipinski definition) is 5. The van der Waals surface area contributed by atoms with Gasteiger partial charge in [-0.15, -0.1) is 0 Å². The summed E-state index contributed by atoms with van der Waals surface area (Å²) in [5.74, 6) is 0.700. The third-order valence-corrected chi connectivity index (χ3v) is 5.20. The topological polar surface area (TPSA) is 63.0 Å². The van der Waals surface area contributed by atoms with Crippen molar-refractivity contribution >= 4 is 11.6 Å². The molecule has 2 aromatic rings. The molecule has 25 heavy (non-hydrogen) atoms. The number of hydrogen-bond donors (Lipinski definition) is 0. The standard InChI is InChI=1S/C18H25N5O2/c1-14-12-17-19-16(4-7-23(17)20-14)15-2-5-21(6-3-15)13-18(24)22-8-10-25-11-9-22/h4,7,12,15H,2-3,5-6,8-11,13H2,1H3. The van der Waals surface area contributed by atoms with Gasteiger partial charge in [-0.05, 0) is 38.9 Å². The summed E-state index contributed by atoms with van der Waals surface area (Å²) in [6, 6.07) is 4.10. The Morgan fingerprint density at radius 2 is 2.00 bits per heavy atom. The molecule has 7 nitrogen and oxygen atoms in total. The maximum absolute atomic E-state index is 12.4. The molecule has 2 aliphatic heterocycles. The molecule has 0 atom stereocenters. The Bertz CT molecular complexity index is 745. The minimum absolute atomic E-state index is 0.232. The third-order valence-electron chi connectivity index (χ3n) is 5.20. The Morgan fingerprint density at radius 3 is 2.76 bits per heavy atom. The van der Waals surface area contributed by atoms with Crippen LogP contribution < -0.4 is 0 Å². The first-order valence-electron chi connectivity index (χ1n) is 9.10. The van der Waals surface area contributed by atoms with Crippen molar-refractivity contribution < 1.29 is 9.53 Å². The fourth-order valence-electron chi connectivity index (χ4n) is 3.73. The van der Waals surface area contributed by atoms with Gasteiger partial charge in [-0.2, -0.15) is 5.10 Å². The lowest BCUT2D eigenvalue weighted by Crippen LogP contribution is -2.47. The van der Waals surface area contributed by atoms with Crippen LogP contribution in [0.4, 0.5) is 0 Å². The van der Waals surface area contributed by atoms with Crippen LogP contribution in [0.25, 0.3) is 5.65 Å². The van der Waals surface area contributed by atoms with Gasteiger partial charge in [0.2, 0.25) is 5.91 Å². The number of ether oxygens (including phenoxy) is 1. The van der Waals surface area contributed by atoms with E-state index >= 15 is 0 Å². The van der Waals surface area contributed by atoms with Crippen LogP contribution in [-0.4, -0.2) is 76.2 Å². The molecule has 0 aromatic carbocycles. The number of piperidine rings is 1. The number of rotatable bonds is 3. The van der Waals surface area contributed by atoms with Crippen molar-refractivity contribution in [1.82, 2.24) is 24.4 Å². The van der Waals surface area contributed by atoms with E-state index in [4.69, 9.17) is 9.72 Å². The molecular formula is C18H25N5O2. The number of likely N-dealkylation sites (tertiary alicyclic amines) is 1. The maximum atomic E-state index is 12.4. The number of aryl methyl sites for hydroxylation is 1. The maximum Gasteiger partial charge on any atom is 0.236 e. The number of carbonyl (C=O) groups excluding carboxylic acids is 1. The van der Waals surface area contributed by atoms with E-state index in [9.17, 15) is 4.79 Å². The molecule has 4 rings (SSSR count). The number of fused-ring (bicyclic) bond motifs is 1. The molecule has 134 valence electrons. The molecular weight excluding hydrogens is 318 g/mol. The minimum Gasteiger partial charge on any atom is -0.378 e. The van der Waals surface area contributed by atoms with E-state index in [0.717, 1.165) is 56.1 Å². The quantitative estimate of drug-likeness (QED) is 0.834. The van der Waals surface area contributed by atoms with E-state index in [2.05, 4.69) is 16.1 Å². The van der Waals surface area contributed by atoms with Crippen molar-refractivity contribution in [3.05, 3.63) is 29.7 Å². The number of aromatic nitrogens is 3. The van der Waals surface area contributed by atoms with Crippen molar-refractivity contribution in [2.75, 3.05) is 45.9 Å². The normalized spacial score (nSPS) is 20.3. The third kappa shape index (κ3) is 3.67. The summed E-state index contributed by atoms with van der Waals surface area (Å²) >= 11 is 0. The van der Waals surface area contributed by atoms with Crippen molar-refractivity contribution in [3.63, 3.8) is 0 Å². The molecule has 0 aliphatic carbocycles. The van der Waals surface area contributed by atoms with Crippen LogP contribution in [-0.2, 0) is 9.53 Å². The second kappa shape index (κ2) is 7.09. The molecule has 0 radical (unpaired) electrons.